The second-order valence-corrected chi connectivity index (χ2v) is 4.70. The largest absolute Gasteiger partial charge is 0.473 e. The Kier molecular flexibility index (Phi) is 9.47. The van der Waals surface area contributed by atoms with Gasteiger partial charge >= 0.3 is 11.9 Å². The van der Waals surface area contributed by atoms with Crippen molar-refractivity contribution >= 4 is 35.1 Å². The van der Waals surface area contributed by atoms with Crippen LogP contribution in [0.4, 0.5) is 10.1 Å². The van der Waals surface area contributed by atoms with E-state index in [1.165, 1.54) is 12.1 Å². The van der Waals surface area contributed by atoms with E-state index in [-0.39, 0.29) is 23.2 Å². The predicted octanol–water partition coefficient (Wildman–Crippen LogP) is 0.544. The van der Waals surface area contributed by atoms with Crippen molar-refractivity contribution in [2.24, 2.45) is 0 Å². The molecule has 0 fully saturated rings. The number of hydrogen-bond donors (Lipinski definition) is 5. The fourth-order valence-corrected chi connectivity index (χ4v) is 1.34. The molecule has 0 radical (unpaired) electrons. The smallest absolute Gasteiger partial charge is 0.414 e. The predicted molar refractivity (Wildman–Crippen MR) is 79.9 cm³/mol. The molecule has 10 heteroatoms. The number of anilines is 1. The molecule has 5 N–H and O–H groups in total. The van der Waals surface area contributed by atoms with Crippen LogP contribution in [0.5, 0.6) is 0 Å². The van der Waals surface area contributed by atoms with Gasteiger partial charge in [-0.2, -0.15) is 0 Å². The summed E-state index contributed by atoms with van der Waals surface area (Å²) in [6.45, 7) is 1.91. The third kappa shape index (κ3) is 10.2. The first-order chi connectivity index (χ1) is 10.6. The summed E-state index contributed by atoms with van der Waals surface area (Å²) in [5.41, 5.74) is 0.0817. The molecule has 0 spiro atoms. The number of aliphatic carboxylic acids is 2. The third-order valence-corrected chi connectivity index (χ3v) is 2.35. The van der Waals surface area contributed by atoms with E-state index in [0.717, 1.165) is 6.07 Å². The van der Waals surface area contributed by atoms with E-state index < -0.39 is 23.9 Å². The van der Waals surface area contributed by atoms with Crippen LogP contribution in [0, 0.1) is 5.82 Å². The lowest BCUT2D eigenvalue weighted by molar-refractivity contribution is -0.159. The summed E-state index contributed by atoms with van der Waals surface area (Å²) in [7, 11) is 0. The van der Waals surface area contributed by atoms with Crippen LogP contribution in [0.3, 0.4) is 0 Å². The molecular weight excluding hydrogens is 335 g/mol. The highest BCUT2D eigenvalue weighted by Crippen LogP contribution is 2.18. The minimum absolute atomic E-state index is 0.00691. The first kappa shape index (κ1) is 20.8. The zero-order chi connectivity index (χ0) is 18.0. The lowest BCUT2D eigenvalue weighted by atomic mass is 10.3. The maximum Gasteiger partial charge on any atom is 0.414 e. The standard InChI is InChI=1S/C11H14ClFN2O2.C2H2O4/c1-7(16)5-14-6-11(17)15-10-3-2-8(12)4-9(10)13;3-1(4)2(5)6/h2-4,7,14,16H,5-6H2,1H3,(H,15,17);(H,3,4)(H,5,6). The summed E-state index contributed by atoms with van der Waals surface area (Å²) in [5.74, 6) is -4.61. The zero-order valence-corrected chi connectivity index (χ0v) is 12.8. The number of nitrogens with one attached hydrogen (secondary N) is 2. The fourth-order valence-electron chi connectivity index (χ4n) is 1.18. The van der Waals surface area contributed by atoms with Crippen LogP contribution < -0.4 is 10.6 Å². The molecule has 0 aliphatic rings. The molecule has 0 aliphatic heterocycles. The summed E-state index contributed by atoms with van der Waals surface area (Å²) in [5, 5.41) is 29.1. The molecule has 1 amide bonds. The number of benzene rings is 1. The van der Waals surface area contributed by atoms with Crippen LogP contribution in [-0.4, -0.2) is 52.4 Å². The van der Waals surface area contributed by atoms with Crippen molar-refractivity contribution < 1.29 is 34.1 Å². The third-order valence-electron chi connectivity index (χ3n) is 2.11. The van der Waals surface area contributed by atoms with Gasteiger partial charge in [0.15, 0.2) is 0 Å². The zero-order valence-electron chi connectivity index (χ0n) is 12.0. The molecule has 1 atom stereocenters. The van der Waals surface area contributed by atoms with Crippen LogP contribution in [-0.2, 0) is 14.4 Å². The van der Waals surface area contributed by atoms with Gasteiger partial charge in [-0.05, 0) is 25.1 Å². The molecule has 1 aromatic carbocycles. The maximum absolute atomic E-state index is 13.3. The minimum atomic E-state index is -1.82. The van der Waals surface area contributed by atoms with Crippen molar-refractivity contribution in [1.82, 2.24) is 5.32 Å². The SMILES string of the molecule is CC(O)CNCC(=O)Nc1ccc(Cl)cc1F.O=C(O)C(=O)O. The summed E-state index contributed by atoms with van der Waals surface area (Å²) in [6, 6.07) is 4.01. The number of carbonyl (C=O) groups excluding carboxylic acids is 1. The molecule has 1 unspecified atom stereocenters. The lowest BCUT2D eigenvalue weighted by Crippen LogP contribution is -2.32. The Bertz CT molecular complexity index is 555. The number of carboxylic acid groups (broad SMARTS) is 2. The number of aliphatic hydroxyl groups excluding tert-OH is 1. The molecule has 0 aromatic heterocycles. The molecule has 0 aliphatic carbocycles. The van der Waals surface area contributed by atoms with Crippen molar-refractivity contribution in [3.8, 4) is 0 Å². The Morgan fingerprint density at radius 3 is 2.26 bits per heavy atom. The molecule has 0 bridgehead atoms. The highest BCUT2D eigenvalue weighted by atomic mass is 35.5. The number of rotatable bonds is 5. The van der Waals surface area contributed by atoms with E-state index in [1.54, 1.807) is 6.92 Å². The van der Waals surface area contributed by atoms with E-state index in [9.17, 15) is 9.18 Å². The van der Waals surface area contributed by atoms with Crippen molar-refractivity contribution in [2.45, 2.75) is 13.0 Å². The Morgan fingerprint density at radius 2 is 1.83 bits per heavy atom. The number of carboxylic acids is 2. The summed E-state index contributed by atoms with van der Waals surface area (Å²) < 4.78 is 13.3. The van der Waals surface area contributed by atoms with Crippen molar-refractivity contribution in [3.63, 3.8) is 0 Å². The Hall–Kier alpha value is -2.23. The molecule has 0 saturated carbocycles. The van der Waals surface area contributed by atoms with Crippen molar-refractivity contribution in [1.29, 1.82) is 0 Å². The summed E-state index contributed by atoms with van der Waals surface area (Å²) >= 11 is 5.58. The number of carbonyl (C=O) groups is 3. The molecule has 1 aromatic rings. The topological polar surface area (TPSA) is 136 Å². The van der Waals surface area contributed by atoms with E-state index in [1.807, 2.05) is 0 Å². The molecule has 128 valence electrons. The van der Waals surface area contributed by atoms with Gasteiger partial charge in [0.1, 0.15) is 5.82 Å². The first-order valence-corrected chi connectivity index (χ1v) is 6.61. The summed E-state index contributed by atoms with van der Waals surface area (Å²) in [6.07, 6.45) is -0.532. The van der Waals surface area contributed by atoms with Crippen LogP contribution in [0.1, 0.15) is 6.92 Å². The highest BCUT2D eigenvalue weighted by molar-refractivity contribution is 6.30. The van der Waals surface area contributed by atoms with E-state index in [4.69, 9.17) is 36.5 Å². The van der Waals surface area contributed by atoms with Crippen LogP contribution in [0.2, 0.25) is 5.02 Å². The number of halogens is 2. The first-order valence-electron chi connectivity index (χ1n) is 6.23. The van der Waals surface area contributed by atoms with Gasteiger partial charge in [-0.15, -0.1) is 0 Å². The van der Waals surface area contributed by atoms with E-state index >= 15 is 0 Å². The molecule has 1 rings (SSSR count). The minimum Gasteiger partial charge on any atom is -0.473 e. The van der Waals surface area contributed by atoms with Gasteiger partial charge in [0, 0.05) is 11.6 Å². The van der Waals surface area contributed by atoms with Crippen molar-refractivity contribution in [2.75, 3.05) is 18.4 Å². The van der Waals surface area contributed by atoms with Gasteiger partial charge in [-0.3, -0.25) is 4.79 Å². The van der Waals surface area contributed by atoms with Gasteiger partial charge in [-0.25, -0.2) is 14.0 Å². The fraction of sp³-hybridized carbons (Fsp3) is 0.308. The van der Waals surface area contributed by atoms with Gasteiger partial charge < -0.3 is 26.0 Å². The lowest BCUT2D eigenvalue weighted by Gasteiger charge is -2.08. The van der Waals surface area contributed by atoms with E-state index in [0.29, 0.717) is 6.54 Å². The van der Waals surface area contributed by atoms with Crippen LogP contribution in [0.25, 0.3) is 0 Å². The monoisotopic (exact) mass is 350 g/mol. The summed E-state index contributed by atoms with van der Waals surface area (Å²) in [4.78, 5) is 29.6. The number of amides is 1. The van der Waals surface area contributed by atoms with Gasteiger partial charge in [-0.1, -0.05) is 11.6 Å². The Morgan fingerprint density at radius 1 is 1.26 bits per heavy atom. The van der Waals surface area contributed by atoms with Gasteiger partial charge in [0.2, 0.25) is 5.91 Å². The molecule has 0 saturated heterocycles. The Labute approximate surface area is 135 Å². The van der Waals surface area contributed by atoms with Gasteiger partial charge in [0.25, 0.3) is 0 Å². The highest BCUT2D eigenvalue weighted by Gasteiger charge is 2.07. The molecule has 8 nitrogen and oxygen atoms in total. The second kappa shape index (κ2) is 10.5. The van der Waals surface area contributed by atoms with Crippen LogP contribution in [0.15, 0.2) is 18.2 Å². The molecule has 23 heavy (non-hydrogen) atoms. The van der Waals surface area contributed by atoms with Crippen LogP contribution >= 0.6 is 11.6 Å². The normalized spacial score (nSPS) is 11.0. The van der Waals surface area contributed by atoms with E-state index in [2.05, 4.69) is 10.6 Å². The molecular formula is C13H16ClFN2O6. The Balaban J connectivity index is 0.000000688. The average Bonchev–Trinajstić information content (AvgIpc) is 2.42. The van der Waals surface area contributed by atoms with Gasteiger partial charge in [0.05, 0.1) is 18.3 Å². The number of aliphatic hydroxyl groups is 1. The average molecular weight is 351 g/mol. The second-order valence-electron chi connectivity index (χ2n) is 4.26. The number of hydrogen-bond acceptors (Lipinski definition) is 5. The quantitative estimate of drug-likeness (QED) is 0.489. The maximum atomic E-state index is 13.3. The molecule has 0 heterocycles. The van der Waals surface area contributed by atoms with Crippen molar-refractivity contribution in [3.05, 3.63) is 29.0 Å².